The van der Waals surface area contributed by atoms with Gasteiger partial charge in [-0.1, -0.05) is 13.3 Å². The zero-order chi connectivity index (χ0) is 30.3. The van der Waals surface area contributed by atoms with Gasteiger partial charge in [0.25, 0.3) is 5.56 Å². The second-order valence-corrected chi connectivity index (χ2v) is 12.8. The summed E-state index contributed by atoms with van der Waals surface area (Å²) in [4.78, 5) is 58.1. The van der Waals surface area contributed by atoms with Crippen molar-refractivity contribution in [3.63, 3.8) is 0 Å². The standard InChI is InChI=1S/C12H21N2O7P.C9H16N3O5P/c1-2-3-6-21-22(18,19)9-20-10(8-15)7-14-5-4-11(16)13-12(14)17;1-18(15,16)6-17-7(5-13)4-12-3-2-8(10)11-9(12)14/h4-5,10,15H,2-3,6-9H2,1H3,(H,18,19)(H,13,16,17);2-3,7,13H,4-6H2,1H3,(H,15,16)(H2,10,11,14)/t10-;7-/m00/s1. The van der Waals surface area contributed by atoms with Crippen molar-refractivity contribution in [3.05, 3.63) is 55.8 Å². The number of nitrogens with two attached hydrogens (primary N) is 1. The van der Waals surface area contributed by atoms with Crippen LogP contribution in [0.5, 0.6) is 0 Å². The number of unbranched alkanes of at least 4 members (excludes halogenated alkanes) is 1. The number of H-pyrrole nitrogens is 1. The Morgan fingerprint density at radius 3 is 2.10 bits per heavy atom. The predicted octanol–water partition coefficient (Wildman–Crippen LogP) is -1.07. The predicted molar refractivity (Wildman–Crippen MR) is 144 cm³/mol. The summed E-state index contributed by atoms with van der Waals surface area (Å²) in [5.41, 5.74) is 3.58. The summed E-state index contributed by atoms with van der Waals surface area (Å²) in [6.45, 7) is 2.35. The van der Waals surface area contributed by atoms with Gasteiger partial charge in [-0.3, -0.25) is 28.0 Å². The first-order valence-corrected chi connectivity index (χ1v) is 16.1. The van der Waals surface area contributed by atoms with Gasteiger partial charge < -0.3 is 39.7 Å². The van der Waals surface area contributed by atoms with Gasteiger partial charge in [0.2, 0.25) is 7.37 Å². The smallest absolute Gasteiger partial charge is 0.353 e. The van der Waals surface area contributed by atoms with Gasteiger partial charge in [0.1, 0.15) is 18.5 Å². The molecule has 2 aromatic heterocycles. The quantitative estimate of drug-likeness (QED) is 0.0974. The number of aromatic amines is 1. The molecule has 0 fully saturated rings. The molecule has 0 aliphatic heterocycles. The average molecular weight is 613 g/mol. The summed E-state index contributed by atoms with van der Waals surface area (Å²) >= 11 is 0. The number of aromatic nitrogens is 4. The number of nitrogen functional groups attached to an aromatic ring is 1. The van der Waals surface area contributed by atoms with Crippen LogP contribution in [0.4, 0.5) is 5.82 Å². The van der Waals surface area contributed by atoms with Crippen molar-refractivity contribution in [1.29, 1.82) is 0 Å². The van der Waals surface area contributed by atoms with E-state index in [2.05, 4.69) is 9.97 Å². The maximum absolute atomic E-state index is 11.7. The van der Waals surface area contributed by atoms with Crippen molar-refractivity contribution < 1.29 is 43.1 Å². The lowest BCUT2D eigenvalue weighted by atomic mass is 10.3. The largest absolute Gasteiger partial charge is 0.394 e. The molecule has 0 aliphatic rings. The molecule has 0 saturated carbocycles. The fourth-order valence-electron chi connectivity index (χ4n) is 2.77. The minimum absolute atomic E-state index is 0.0304. The van der Waals surface area contributed by atoms with Gasteiger partial charge in [-0.15, -0.1) is 0 Å². The Labute approximate surface area is 229 Å². The average Bonchev–Trinajstić information content (AvgIpc) is 2.86. The van der Waals surface area contributed by atoms with Crippen molar-refractivity contribution in [2.24, 2.45) is 0 Å². The number of ether oxygens (including phenoxy) is 2. The molecular formula is C21H37N5O12P2. The zero-order valence-corrected chi connectivity index (χ0v) is 24.0. The maximum Gasteiger partial charge on any atom is 0.353 e. The molecule has 0 amide bonds. The number of anilines is 1. The Hall–Kier alpha value is -2.46. The molecule has 17 nitrogen and oxygen atoms in total. The highest BCUT2D eigenvalue weighted by Crippen LogP contribution is 2.42. The number of hydrogen-bond donors (Lipinski definition) is 6. The highest BCUT2D eigenvalue weighted by molar-refractivity contribution is 7.56. The van der Waals surface area contributed by atoms with E-state index in [9.17, 15) is 33.5 Å². The van der Waals surface area contributed by atoms with Crippen molar-refractivity contribution in [2.75, 3.05) is 44.9 Å². The van der Waals surface area contributed by atoms with Crippen LogP contribution in [0.1, 0.15) is 19.8 Å². The van der Waals surface area contributed by atoms with Gasteiger partial charge in [0, 0.05) is 25.1 Å². The van der Waals surface area contributed by atoms with Gasteiger partial charge in [0.15, 0.2) is 0 Å². The number of nitrogens with zero attached hydrogens (tertiary/aromatic N) is 3. The Morgan fingerprint density at radius 1 is 1.00 bits per heavy atom. The minimum atomic E-state index is -3.89. The van der Waals surface area contributed by atoms with Crippen molar-refractivity contribution in [2.45, 2.75) is 45.1 Å². The molecule has 2 heterocycles. The van der Waals surface area contributed by atoms with E-state index in [1.54, 1.807) is 0 Å². The van der Waals surface area contributed by atoms with E-state index in [0.717, 1.165) is 23.7 Å². The summed E-state index contributed by atoms with van der Waals surface area (Å²) in [5, 5.41) is 18.3. The SMILES string of the molecule is CCCCOP(=O)(O)CO[C@H](CO)Cn1ccc(=O)[nH]c1=O.CP(=O)(O)CO[C@H](CO)Cn1ccc(N)nc1=O. The molecule has 0 aromatic carbocycles. The second kappa shape index (κ2) is 17.4. The highest BCUT2D eigenvalue weighted by atomic mass is 31.2. The van der Waals surface area contributed by atoms with Crippen LogP contribution in [0, 0.1) is 0 Å². The molecule has 2 unspecified atom stereocenters. The van der Waals surface area contributed by atoms with Crippen molar-refractivity contribution >= 4 is 20.8 Å². The van der Waals surface area contributed by atoms with E-state index in [0.29, 0.717) is 6.42 Å². The lowest BCUT2D eigenvalue weighted by Crippen LogP contribution is -2.34. The molecule has 2 aromatic rings. The third-order valence-electron chi connectivity index (χ3n) is 4.81. The molecule has 228 valence electrons. The highest BCUT2D eigenvalue weighted by Gasteiger charge is 2.22. The van der Waals surface area contributed by atoms with Crippen molar-refractivity contribution in [1.82, 2.24) is 19.1 Å². The van der Waals surface area contributed by atoms with Crippen LogP contribution < -0.4 is 22.7 Å². The van der Waals surface area contributed by atoms with Crippen LogP contribution in [0.2, 0.25) is 0 Å². The van der Waals surface area contributed by atoms with Crippen LogP contribution in [0.3, 0.4) is 0 Å². The van der Waals surface area contributed by atoms with Gasteiger partial charge >= 0.3 is 19.0 Å². The number of aliphatic hydroxyl groups excluding tert-OH is 2. The first-order chi connectivity index (χ1) is 18.7. The van der Waals surface area contributed by atoms with Crippen LogP contribution in [-0.2, 0) is 36.2 Å². The topological polar surface area (TPSA) is 259 Å². The Balaban J connectivity index is 0.000000408. The number of aliphatic hydroxyl groups is 2. The number of hydrogen-bond acceptors (Lipinski definition) is 12. The summed E-state index contributed by atoms with van der Waals surface area (Å²) in [6.07, 6.45) is 1.56. The van der Waals surface area contributed by atoms with E-state index in [1.807, 2.05) is 6.92 Å². The molecule has 40 heavy (non-hydrogen) atoms. The first-order valence-electron chi connectivity index (χ1n) is 12.0. The summed E-state index contributed by atoms with van der Waals surface area (Å²) in [5.74, 6) is 0.103. The second-order valence-electron chi connectivity index (χ2n) is 8.63. The number of nitrogens with one attached hydrogen (secondary N) is 1. The van der Waals surface area contributed by atoms with Gasteiger partial charge in [-0.25, -0.2) is 9.59 Å². The molecule has 7 N–H and O–H groups in total. The Kier molecular flexibility index (Phi) is 15.4. The summed E-state index contributed by atoms with van der Waals surface area (Å²) in [7, 11) is -7.21. The molecule has 2 rings (SSSR count). The molecule has 0 bridgehead atoms. The Bertz CT molecular complexity index is 1310. The molecular weight excluding hydrogens is 576 g/mol. The first kappa shape index (κ1) is 35.6. The van der Waals surface area contributed by atoms with E-state index >= 15 is 0 Å². The van der Waals surface area contributed by atoms with Crippen LogP contribution >= 0.6 is 15.0 Å². The van der Waals surface area contributed by atoms with Gasteiger partial charge in [-0.2, -0.15) is 4.98 Å². The number of rotatable bonds is 16. The lowest BCUT2D eigenvalue weighted by Gasteiger charge is -2.18. The fraction of sp³-hybridized carbons (Fsp3) is 0.619. The van der Waals surface area contributed by atoms with Crippen molar-refractivity contribution in [3.8, 4) is 0 Å². The van der Waals surface area contributed by atoms with Crippen LogP contribution in [0.15, 0.2) is 38.9 Å². The normalized spacial score (nSPS) is 15.8. The van der Waals surface area contributed by atoms with E-state index < -0.39 is 57.1 Å². The third-order valence-corrected chi connectivity index (χ3v) is 6.50. The molecule has 0 spiro atoms. The van der Waals surface area contributed by atoms with Gasteiger partial charge in [0.05, 0.1) is 45.1 Å². The lowest BCUT2D eigenvalue weighted by molar-refractivity contribution is 0.0167. The van der Waals surface area contributed by atoms with Crippen LogP contribution in [0.25, 0.3) is 0 Å². The summed E-state index contributed by atoms with van der Waals surface area (Å²) < 4.78 is 40.1. The Morgan fingerprint density at radius 2 is 1.57 bits per heavy atom. The molecule has 4 atom stereocenters. The molecule has 0 saturated heterocycles. The summed E-state index contributed by atoms with van der Waals surface area (Å²) in [6, 6.07) is 2.59. The van der Waals surface area contributed by atoms with Crippen LogP contribution in [-0.4, -0.2) is 90.5 Å². The van der Waals surface area contributed by atoms with E-state index in [-0.39, 0.29) is 38.5 Å². The fourth-order valence-corrected chi connectivity index (χ4v) is 4.14. The van der Waals surface area contributed by atoms with Gasteiger partial charge in [-0.05, 0) is 12.5 Å². The maximum atomic E-state index is 11.7. The third kappa shape index (κ3) is 14.8. The zero-order valence-electron chi connectivity index (χ0n) is 22.2. The molecule has 19 heteroatoms. The molecule has 0 aliphatic carbocycles. The van der Waals surface area contributed by atoms with E-state index in [1.165, 1.54) is 23.0 Å². The monoisotopic (exact) mass is 613 g/mol. The minimum Gasteiger partial charge on any atom is -0.394 e. The molecule has 0 radical (unpaired) electrons. The van der Waals surface area contributed by atoms with E-state index in [4.69, 9.17) is 29.7 Å².